The van der Waals surface area contributed by atoms with Gasteiger partial charge in [-0.1, -0.05) is 12.1 Å². The van der Waals surface area contributed by atoms with Crippen LogP contribution < -0.4 is 10.1 Å². The van der Waals surface area contributed by atoms with Crippen molar-refractivity contribution < 1.29 is 13.9 Å². The quantitative estimate of drug-likeness (QED) is 0.309. The molecule has 4 aliphatic rings. The predicted molar refractivity (Wildman–Crippen MR) is 141 cm³/mol. The largest absolute Gasteiger partial charge is 0.486 e. The van der Waals surface area contributed by atoms with Crippen LogP contribution in [-0.4, -0.2) is 15.9 Å². The van der Waals surface area contributed by atoms with Crippen LogP contribution in [0.5, 0.6) is 5.75 Å². The Morgan fingerprint density at radius 1 is 1.05 bits per heavy atom. The molecule has 0 spiro atoms. The number of carbonyl (C=O) groups is 1. The van der Waals surface area contributed by atoms with Crippen molar-refractivity contribution in [1.29, 1.82) is 0 Å². The van der Waals surface area contributed by atoms with Crippen molar-refractivity contribution in [2.24, 2.45) is 17.8 Å². The molecule has 6 heteroatoms. The molecule has 0 unspecified atom stereocenters. The number of nitrogens with one attached hydrogen (secondary N) is 2. The Hall–Kier alpha value is -3.54. The first kappa shape index (κ1) is 22.6. The smallest absolute Gasteiger partial charge is 0.251 e. The Morgan fingerprint density at radius 3 is 2.46 bits per heavy atom. The van der Waals surface area contributed by atoms with Crippen molar-refractivity contribution in [2.45, 2.75) is 64.0 Å². The highest BCUT2D eigenvalue weighted by Gasteiger charge is 2.51. The zero-order chi connectivity index (χ0) is 25.0. The first-order valence-electron chi connectivity index (χ1n) is 13.6. The number of amides is 1. The summed E-state index contributed by atoms with van der Waals surface area (Å²) in [6.45, 7) is 2.67. The molecule has 37 heavy (non-hydrogen) atoms. The van der Waals surface area contributed by atoms with E-state index in [1.807, 2.05) is 25.1 Å². The van der Waals surface area contributed by atoms with Gasteiger partial charge in [-0.3, -0.25) is 4.79 Å². The lowest BCUT2D eigenvalue weighted by Gasteiger charge is -2.57. The second-order valence-electron chi connectivity index (χ2n) is 11.6. The van der Waals surface area contributed by atoms with Crippen LogP contribution >= 0.6 is 0 Å². The van der Waals surface area contributed by atoms with Gasteiger partial charge < -0.3 is 19.5 Å². The molecule has 0 atom stereocenters. The molecule has 190 valence electrons. The van der Waals surface area contributed by atoms with Gasteiger partial charge in [0.25, 0.3) is 5.91 Å². The Kier molecular flexibility index (Phi) is 5.38. The van der Waals surface area contributed by atoms with E-state index in [1.165, 1.54) is 44.1 Å². The van der Waals surface area contributed by atoms with Gasteiger partial charge in [0.05, 0.1) is 23.8 Å². The lowest BCUT2D eigenvalue weighted by Crippen LogP contribution is -2.48. The number of H-pyrrole nitrogens is 1. The summed E-state index contributed by atoms with van der Waals surface area (Å²) in [6.07, 6.45) is 10.2. The molecule has 1 amide bonds. The van der Waals surface area contributed by atoms with Crippen LogP contribution in [-0.2, 0) is 18.6 Å². The number of imidazole rings is 1. The molecular weight excluding hydrogens is 462 g/mol. The molecule has 4 fully saturated rings. The lowest BCUT2D eigenvalue weighted by atomic mass is 9.48. The summed E-state index contributed by atoms with van der Waals surface area (Å²) in [5, 5.41) is 2.91. The number of aryl methyl sites for hydroxylation is 1. The summed E-state index contributed by atoms with van der Waals surface area (Å²) in [4.78, 5) is 20.6. The van der Waals surface area contributed by atoms with Crippen molar-refractivity contribution in [1.82, 2.24) is 15.3 Å². The molecule has 8 rings (SSSR count). The molecule has 4 bridgehead atoms. The molecule has 6 nitrogen and oxygen atoms in total. The highest BCUT2D eigenvalue weighted by molar-refractivity contribution is 5.97. The Labute approximate surface area is 216 Å². The van der Waals surface area contributed by atoms with Gasteiger partial charge in [0.2, 0.25) is 0 Å². The predicted octanol–water partition coefficient (Wildman–Crippen LogP) is 6.44. The third kappa shape index (κ3) is 4.22. The van der Waals surface area contributed by atoms with Gasteiger partial charge in [0.15, 0.2) is 0 Å². The number of furan rings is 1. The van der Waals surface area contributed by atoms with E-state index >= 15 is 0 Å². The fourth-order valence-corrected chi connectivity index (χ4v) is 7.64. The van der Waals surface area contributed by atoms with Gasteiger partial charge in [0.1, 0.15) is 23.9 Å². The van der Waals surface area contributed by atoms with Crippen LogP contribution in [0.25, 0.3) is 11.0 Å². The van der Waals surface area contributed by atoms with Crippen molar-refractivity contribution in [2.75, 3.05) is 0 Å². The lowest BCUT2D eigenvalue weighted by molar-refractivity contribution is -0.00520. The van der Waals surface area contributed by atoms with Gasteiger partial charge in [-0.15, -0.1) is 0 Å². The van der Waals surface area contributed by atoms with E-state index in [0.29, 0.717) is 24.1 Å². The third-order valence-corrected chi connectivity index (χ3v) is 9.05. The number of aromatic amines is 1. The number of aromatic nitrogens is 2. The number of carbonyl (C=O) groups excluding carboxylic acids is 1. The van der Waals surface area contributed by atoms with Crippen molar-refractivity contribution in [3.8, 4) is 5.75 Å². The van der Waals surface area contributed by atoms with Crippen LogP contribution in [0, 0.1) is 24.7 Å². The maximum atomic E-state index is 12.6. The minimum atomic E-state index is -0.149. The maximum Gasteiger partial charge on any atom is 0.251 e. The van der Waals surface area contributed by atoms with Crippen LogP contribution in [0.4, 0.5) is 0 Å². The molecule has 4 aliphatic carbocycles. The maximum absolute atomic E-state index is 12.6. The van der Waals surface area contributed by atoms with E-state index in [4.69, 9.17) is 9.15 Å². The van der Waals surface area contributed by atoms with Gasteiger partial charge in [-0.2, -0.15) is 0 Å². The van der Waals surface area contributed by atoms with Gasteiger partial charge >= 0.3 is 0 Å². The number of hydrogen-bond acceptors (Lipinski definition) is 4. The first-order valence-corrected chi connectivity index (χ1v) is 13.6. The second-order valence-corrected chi connectivity index (χ2v) is 11.6. The fraction of sp³-hybridized carbons (Fsp3) is 0.419. The van der Waals surface area contributed by atoms with Gasteiger partial charge in [0, 0.05) is 5.56 Å². The SMILES string of the molecule is Cc1ccoc1CNC(=O)c1ccc2nc(COc3ccc(C45CC6CC(CC(C6)C4)C5)cc3)[nH]c2c1. The molecule has 0 saturated heterocycles. The topological polar surface area (TPSA) is 80.2 Å². The summed E-state index contributed by atoms with van der Waals surface area (Å²) >= 11 is 0. The fourth-order valence-electron chi connectivity index (χ4n) is 7.64. The number of ether oxygens (including phenoxy) is 1. The standard InChI is InChI=1S/C31H33N3O3/c1-19-8-9-36-28(19)17-32-30(35)23-2-7-26-27(13-23)34-29(33-26)18-37-25-5-3-24(4-6-25)31-14-20-10-21(15-31)12-22(11-20)16-31/h2-9,13,20-22H,10-12,14-18H2,1H3,(H,32,35)(H,33,34). The monoisotopic (exact) mass is 495 g/mol. The Morgan fingerprint density at radius 2 is 1.78 bits per heavy atom. The van der Waals surface area contributed by atoms with Crippen molar-refractivity contribution in [3.63, 3.8) is 0 Å². The van der Waals surface area contributed by atoms with Gasteiger partial charge in [-0.05, 0) is 116 Å². The van der Waals surface area contributed by atoms with E-state index in [2.05, 4.69) is 39.6 Å². The molecule has 0 radical (unpaired) electrons. The van der Waals surface area contributed by atoms with E-state index in [0.717, 1.165) is 51.7 Å². The minimum absolute atomic E-state index is 0.149. The number of fused-ring (bicyclic) bond motifs is 1. The zero-order valence-corrected chi connectivity index (χ0v) is 21.3. The molecule has 2 heterocycles. The second kappa shape index (κ2) is 8.79. The summed E-state index contributed by atoms with van der Waals surface area (Å²) in [5.74, 6) is 5.06. The molecule has 0 aliphatic heterocycles. The Bertz CT molecular complexity index is 1410. The highest BCUT2D eigenvalue weighted by Crippen LogP contribution is 2.60. The van der Waals surface area contributed by atoms with Crippen LogP contribution in [0.3, 0.4) is 0 Å². The van der Waals surface area contributed by atoms with Crippen LogP contribution in [0.2, 0.25) is 0 Å². The number of benzene rings is 2. The average Bonchev–Trinajstić information content (AvgIpc) is 3.50. The summed E-state index contributed by atoms with van der Waals surface area (Å²) in [6, 6.07) is 16.2. The molecule has 4 saturated carbocycles. The van der Waals surface area contributed by atoms with E-state index in [-0.39, 0.29) is 5.91 Å². The molecule has 2 aromatic carbocycles. The average molecular weight is 496 g/mol. The molecule has 2 aromatic heterocycles. The van der Waals surface area contributed by atoms with Crippen molar-refractivity contribution in [3.05, 3.63) is 83.1 Å². The van der Waals surface area contributed by atoms with Gasteiger partial charge in [-0.25, -0.2) is 4.98 Å². The Balaban J connectivity index is 0.995. The third-order valence-electron chi connectivity index (χ3n) is 9.05. The number of nitrogens with zero attached hydrogens (tertiary/aromatic N) is 1. The molecule has 2 N–H and O–H groups in total. The first-order chi connectivity index (χ1) is 18.0. The van der Waals surface area contributed by atoms with Crippen LogP contribution in [0.15, 0.2) is 59.2 Å². The van der Waals surface area contributed by atoms with E-state index in [1.54, 1.807) is 12.3 Å². The molecule has 4 aromatic rings. The molecular formula is C31H33N3O3. The normalized spacial score (nSPS) is 26.0. The number of rotatable bonds is 7. The highest BCUT2D eigenvalue weighted by atomic mass is 16.5. The summed E-state index contributed by atoms with van der Waals surface area (Å²) in [5.41, 5.74) is 5.15. The van der Waals surface area contributed by atoms with E-state index < -0.39 is 0 Å². The summed E-state index contributed by atoms with van der Waals surface area (Å²) < 4.78 is 11.5. The number of hydrogen-bond donors (Lipinski definition) is 2. The minimum Gasteiger partial charge on any atom is -0.486 e. The zero-order valence-electron chi connectivity index (χ0n) is 21.3. The van der Waals surface area contributed by atoms with E-state index in [9.17, 15) is 4.79 Å². The van der Waals surface area contributed by atoms with Crippen LogP contribution in [0.1, 0.15) is 71.6 Å². The van der Waals surface area contributed by atoms with Crippen molar-refractivity contribution >= 4 is 16.9 Å². The summed E-state index contributed by atoms with van der Waals surface area (Å²) in [7, 11) is 0.